The van der Waals surface area contributed by atoms with Crippen LogP contribution in [-0.4, -0.2) is 27.8 Å². The molecular formula is C23H21N5O. The van der Waals surface area contributed by atoms with Crippen LogP contribution in [0, 0.1) is 18.3 Å². The zero-order valence-electron chi connectivity index (χ0n) is 16.1. The van der Waals surface area contributed by atoms with Crippen LogP contribution in [0.1, 0.15) is 16.8 Å². The molecule has 0 bridgehead atoms. The van der Waals surface area contributed by atoms with Crippen LogP contribution in [0.25, 0.3) is 22.0 Å². The molecule has 0 saturated heterocycles. The lowest BCUT2D eigenvalue weighted by Gasteiger charge is -2.14. The van der Waals surface area contributed by atoms with Crippen molar-refractivity contribution in [3.63, 3.8) is 0 Å². The molecule has 0 aliphatic heterocycles. The molecule has 6 nitrogen and oxygen atoms in total. The number of pyridine rings is 1. The number of nitriles is 1. The highest BCUT2D eigenvalue weighted by Crippen LogP contribution is 2.27. The molecule has 0 fully saturated rings. The highest BCUT2D eigenvalue weighted by molar-refractivity contribution is 5.86. The highest BCUT2D eigenvalue weighted by atomic mass is 16.5. The predicted molar refractivity (Wildman–Crippen MR) is 112 cm³/mol. The number of H-pyrrole nitrogens is 1. The van der Waals surface area contributed by atoms with Crippen molar-refractivity contribution in [1.29, 1.82) is 5.26 Å². The van der Waals surface area contributed by atoms with Gasteiger partial charge < -0.3 is 10.5 Å². The van der Waals surface area contributed by atoms with Crippen molar-refractivity contribution in [3.8, 4) is 22.9 Å². The summed E-state index contributed by atoms with van der Waals surface area (Å²) in [4.78, 5) is 4.31. The second kappa shape index (κ2) is 8.13. The van der Waals surface area contributed by atoms with Crippen LogP contribution in [0.2, 0.25) is 0 Å². The van der Waals surface area contributed by atoms with Crippen LogP contribution in [0.4, 0.5) is 0 Å². The van der Waals surface area contributed by atoms with Crippen LogP contribution in [0.5, 0.6) is 5.75 Å². The van der Waals surface area contributed by atoms with Crippen molar-refractivity contribution >= 4 is 10.9 Å². The van der Waals surface area contributed by atoms with Gasteiger partial charge in [-0.15, -0.1) is 0 Å². The van der Waals surface area contributed by atoms with Crippen LogP contribution in [0.15, 0.2) is 60.9 Å². The molecule has 2 aromatic carbocycles. The van der Waals surface area contributed by atoms with Crippen molar-refractivity contribution in [2.75, 3.05) is 6.61 Å². The lowest BCUT2D eigenvalue weighted by Crippen LogP contribution is -2.30. The van der Waals surface area contributed by atoms with Gasteiger partial charge in [-0.1, -0.05) is 24.3 Å². The van der Waals surface area contributed by atoms with Crippen LogP contribution in [0.3, 0.4) is 0 Å². The molecule has 1 atom stereocenters. The van der Waals surface area contributed by atoms with Crippen LogP contribution >= 0.6 is 0 Å². The van der Waals surface area contributed by atoms with Crippen molar-refractivity contribution in [1.82, 2.24) is 15.2 Å². The minimum Gasteiger partial charge on any atom is -0.490 e. The molecule has 29 heavy (non-hydrogen) atoms. The minimum absolute atomic E-state index is 0.224. The molecule has 0 aliphatic rings. The average Bonchev–Trinajstić information content (AvgIpc) is 3.13. The number of nitrogens with two attached hydrogens (primary N) is 1. The number of fused-ring (bicyclic) bond motifs is 1. The Kier molecular flexibility index (Phi) is 5.23. The summed E-state index contributed by atoms with van der Waals surface area (Å²) in [6.45, 7) is 2.34. The Bertz CT molecular complexity index is 1190. The molecule has 6 heteroatoms. The van der Waals surface area contributed by atoms with Gasteiger partial charge in [0.1, 0.15) is 12.4 Å². The highest BCUT2D eigenvalue weighted by Gasteiger charge is 2.10. The molecule has 0 spiro atoms. The summed E-state index contributed by atoms with van der Waals surface area (Å²) in [6.07, 6.45) is 4.07. The lowest BCUT2D eigenvalue weighted by atomic mass is 10.0. The fourth-order valence-electron chi connectivity index (χ4n) is 3.33. The molecule has 0 aliphatic carbocycles. The van der Waals surface area contributed by atoms with Crippen molar-refractivity contribution < 1.29 is 4.74 Å². The second-order valence-corrected chi connectivity index (χ2v) is 7.03. The van der Waals surface area contributed by atoms with Crippen LogP contribution in [-0.2, 0) is 6.42 Å². The second-order valence-electron chi connectivity index (χ2n) is 7.03. The quantitative estimate of drug-likeness (QED) is 0.528. The maximum atomic E-state index is 9.21. The number of aryl methyl sites for hydroxylation is 1. The fraction of sp³-hybridized carbons (Fsp3) is 0.174. The smallest absolute Gasteiger partial charge is 0.138 e. The summed E-state index contributed by atoms with van der Waals surface area (Å²) < 4.78 is 5.88. The molecule has 3 N–H and O–H groups in total. The van der Waals surface area contributed by atoms with Gasteiger partial charge in [0.05, 0.1) is 23.3 Å². The Morgan fingerprint density at radius 2 is 2.00 bits per heavy atom. The Morgan fingerprint density at radius 1 is 1.14 bits per heavy atom. The van der Waals surface area contributed by atoms with E-state index < -0.39 is 0 Å². The largest absolute Gasteiger partial charge is 0.490 e. The number of aromatic amines is 1. The first-order valence-corrected chi connectivity index (χ1v) is 9.40. The van der Waals surface area contributed by atoms with Gasteiger partial charge in [-0.25, -0.2) is 0 Å². The zero-order chi connectivity index (χ0) is 20.2. The van der Waals surface area contributed by atoms with E-state index in [0.717, 1.165) is 33.3 Å². The van der Waals surface area contributed by atoms with Gasteiger partial charge in [0.2, 0.25) is 0 Å². The van der Waals surface area contributed by atoms with Gasteiger partial charge in [0, 0.05) is 28.9 Å². The van der Waals surface area contributed by atoms with Gasteiger partial charge in [-0.3, -0.25) is 10.1 Å². The first-order valence-electron chi connectivity index (χ1n) is 9.40. The molecule has 0 unspecified atom stereocenters. The summed E-state index contributed by atoms with van der Waals surface area (Å²) in [5.74, 6) is 0.663. The molecular weight excluding hydrogens is 362 g/mol. The molecule has 4 aromatic rings. The summed E-state index contributed by atoms with van der Waals surface area (Å²) in [7, 11) is 0. The summed E-state index contributed by atoms with van der Waals surface area (Å²) in [6, 6.07) is 17.5. The van der Waals surface area contributed by atoms with Gasteiger partial charge in [0.25, 0.3) is 0 Å². The molecule has 2 heterocycles. The monoisotopic (exact) mass is 383 g/mol. The molecule has 2 aromatic heterocycles. The number of rotatable bonds is 6. The van der Waals surface area contributed by atoms with E-state index in [-0.39, 0.29) is 6.04 Å². The number of aromatic nitrogens is 3. The molecule has 0 amide bonds. The average molecular weight is 383 g/mol. The van der Waals surface area contributed by atoms with Gasteiger partial charge in [-0.05, 0) is 48.7 Å². The van der Waals surface area contributed by atoms with Gasteiger partial charge in [-0.2, -0.15) is 10.4 Å². The van der Waals surface area contributed by atoms with Crippen molar-refractivity contribution in [2.24, 2.45) is 5.73 Å². The summed E-state index contributed by atoms with van der Waals surface area (Å²) in [5.41, 5.74) is 11.8. The number of hydrogen-bond acceptors (Lipinski definition) is 5. The predicted octanol–water partition coefficient (Wildman–Crippen LogP) is 3.75. The first kappa shape index (κ1) is 18.7. The Balaban J connectivity index is 1.46. The maximum Gasteiger partial charge on any atom is 0.138 e. The number of ether oxygens (including phenoxy) is 1. The van der Waals surface area contributed by atoms with Crippen molar-refractivity contribution in [3.05, 3.63) is 77.7 Å². The Morgan fingerprint density at radius 3 is 2.86 bits per heavy atom. The molecule has 144 valence electrons. The number of nitrogens with one attached hydrogen (secondary N) is 1. The van der Waals surface area contributed by atoms with E-state index in [9.17, 15) is 5.26 Å². The zero-order valence-corrected chi connectivity index (χ0v) is 16.1. The molecule has 4 rings (SSSR count). The third-order valence-corrected chi connectivity index (χ3v) is 4.88. The van der Waals surface area contributed by atoms with E-state index in [1.165, 1.54) is 0 Å². The fourth-order valence-corrected chi connectivity index (χ4v) is 3.33. The van der Waals surface area contributed by atoms with E-state index in [4.69, 9.17) is 10.5 Å². The van der Waals surface area contributed by atoms with E-state index in [1.807, 2.05) is 49.5 Å². The van der Waals surface area contributed by atoms with E-state index >= 15 is 0 Å². The van der Waals surface area contributed by atoms with Gasteiger partial charge >= 0.3 is 0 Å². The van der Waals surface area contributed by atoms with Crippen LogP contribution < -0.4 is 10.5 Å². The topological polar surface area (TPSA) is 101 Å². The minimum atomic E-state index is -0.224. The standard InChI is InChI=1S/C23H21N5O/c1-15-22-10-17(6-7-23(22)28-27-15)19-9-21(13-26-12-19)29-14-20(25)8-16-4-2-3-5-18(16)11-24/h2-7,9-10,12-13,20H,8,14,25H2,1H3,(H,27,28)/t20-/m0/s1. The van der Waals surface area contributed by atoms with Gasteiger partial charge in [0.15, 0.2) is 0 Å². The normalized spacial score (nSPS) is 11.9. The molecule has 0 saturated carbocycles. The summed E-state index contributed by atoms with van der Waals surface area (Å²) >= 11 is 0. The molecule has 0 radical (unpaired) electrons. The maximum absolute atomic E-state index is 9.21. The number of nitrogens with zero attached hydrogens (tertiary/aromatic N) is 3. The Hall–Kier alpha value is -3.69. The number of benzene rings is 2. The SMILES string of the molecule is Cc1[nH]nc2ccc(-c3cncc(OC[C@@H](N)Cc4ccccc4C#N)c3)cc12. The number of hydrogen-bond donors (Lipinski definition) is 2. The third-order valence-electron chi connectivity index (χ3n) is 4.88. The summed E-state index contributed by atoms with van der Waals surface area (Å²) in [5, 5.41) is 17.6. The first-order chi connectivity index (χ1) is 14.1. The van der Waals surface area contributed by atoms with E-state index in [1.54, 1.807) is 12.3 Å². The van der Waals surface area contributed by atoms with E-state index in [2.05, 4.69) is 27.3 Å². The lowest BCUT2D eigenvalue weighted by molar-refractivity contribution is 0.286. The third kappa shape index (κ3) is 4.10. The van der Waals surface area contributed by atoms with E-state index in [0.29, 0.717) is 24.3 Å². The van der Waals surface area contributed by atoms with Crippen molar-refractivity contribution in [2.45, 2.75) is 19.4 Å². The Labute approximate surface area is 169 Å².